The number of hydrogen-bond donors (Lipinski definition) is 0. The average Bonchev–Trinajstić information content (AvgIpc) is 3.33. The Morgan fingerprint density at radius 1 is 1.08 bits per heavy atom. The molecule has 0 N–H and O–H groups in total. The van der Waals surface area contributed by atoms with Crippen LogP contribution in [0.25, 0.3) is 0 Å². The summed E-state index contributed by atoms with van der Waals surface area (Å²) in [4.78, 5) is 18.7. The number of carbonyl (C=O) groups is 1. The Bertz CT molecular complexity index is 618. The number of aryl methyl sites for hydroxylation is 1. The molecule has 0 aliphatic carbocycles. The molecule has 4 heterocycles. The van der Waals surface area contributed by atoms with Crippen LogP contribution in [-0.2, 0) is 22.4 Å². The van der Waals surface area contributed by atoms with Crippen molar-refractivity contribution < 1.29 is 18.7 Å². The second-order valence-corrected chi connectivity index (χ2v) is 7.13. The van der Waals surface area contributed by atoms with E-state index in [1.54, 1.807) is 0 Å². The Hall–Kier alpha value is -1.71. The Morgan fingerprint density at radius 2 is 1.88 bits per heavy atom. The van der Waals surface area contributed by atoms with E-state index in [0.29, 0.717) is 18.3 Å². The number of hydrogen-bond acceptors (Lipinski definition) is 8. The summed E-state index contributed by atoms with van der Waals surface area (Å²) >= 11 is 0. The van der Waals surface area contributed by atoms with Gasteiger partial charge in [0.15, 0.2) is 0 Å². The fourth-order valence-corrected chi connectivity index (χ4v) is 3.94. The van der Waals surface area contributed by atoms with E-state index in [-0.39, 0.29) is 18.2 Å². The van der Waals surface area contributed by atoms with Crippen molar-refractivity contribution in [2.24, 2.45) is 0 Å². The van der Waals surface area contributed by atoms with Crippen molar-refractivity contribution in [3.8, 4) is 0 Å². The van der Waals surface area contributed by atoms with E-state index in [1.807, 2.05) is 11.8 Å². The van der Waals surface area contributed by atoms with Gasteiger partial charge in [0, 0.05) is 45.7 Å². The van der Waals surface area contributed by atoms with Crippen LogP contribution in [0.3, 0.4) is 0 Å². The molecular weight excluding hydrogens is 338 g/mol. The number of likely N-dealkylation sites (tertiary alicyclic amines) is 1. The van der Waals surface area contributed by atoms with Gasteiger partial charge in [0.1, 0.15) is 6.10 Å². The molecule has 0 spiro atoms. The SMILES string of the molecule is CCc1nnc(CN2C[C@H]3OC(=O)N(CCCN4CCOCC4)[C@H]3C2)o1. The van der Waals surface area contributed by atoms with Gasteiger partial charge in [-0.1, -0.05) is 6.92 Å². The van der Waals surface area contributed by atoms with Gasteiger partial charge in [-0.2, -0.15) is 0 Å². The van der Waals surface area contributed by atoms with E-state index in [1.165, 1.54) is 0 Å². The first kappa shape index (κ1) is 17.7. The number of morpholine rings is 1. The zero-order valence-corrected chi connectivity index (χ0v) is 15.3. The molecule has 1 amide bonds. The maximum atomic E-state index is 12.2. The molecule has 3 aliphatic heterocycles. The van der Waals surface area contributed by atoms with Crippen molar-refractivity contribution in [3.63, 3.8) is 0 Å². The molecule has 3 aliphatic rings. The van der Waals surface area contributed by atoms with E-state index in [4.69, 9.17) is 13.9 Å². The molecule has 0 radical (unpaired) electrons. The number of nitrogens with zero attached hydrogens (tertiary/aromatic N) is 5. The number of ether oxygens (including phenoxy) is 2. The summed E-state index contributed by atoms with van der Waals surface area (Å²) in [6.07, 6.45) is 1.47. The lowest BCUT2D eigenvalue weighted by atomic mass is 10.2. The van der Waals surface area contributed by atoms with Crippen LogP contribution in [-0.4, -0.2) is 95.6 Å². The Morgan fingerprint density at radius 3 is 2.65 bits per heavy atom. The van der Waals surface area contributed by atoms with Crippen LogP contribution < -0.4 is 0 Å². The first-order valence-corrected chi connectivity index (χ1v) is 9.54. The van der Waals surface area contributed by atoms with Gasteiger partial charge >= 0.3 is 6.09 Å². The first-order valence-electron chi connectivity index (χ1n) is 9.54. The molecule has 9 nitrogen and oxygen atoms in total. The van der Waals surface area contributed by atoms with Gasteiger partial charge in [0.2, 0.25) is 11.8 Å². The van der Waals surface area contributed by atoms with Gasteiger partial charge in [-0.25, -0.2) is 4.79 Å². The van der Waals surface area contributed by atoms with Crippen molar-refractivity contribution in [3.05, 3.63) is 11.8 Å². The highest BCUT2D eigenvalue weighted by molar-refractivity contribution is 5.71. The monoisotopic (exact) mass is 365 g/mol. The minimum Gasteiger partial charge on any atom is -0.442 e. The van der Waals surface area contributed by atoms with Gasteiger partial charge in [-0.3, -0.25) is 9.80 Å². The lowest BCUT2D eigenvalue weighted by molar-refractivity contribution is 0.0362. The lowest BCUT2D eigenvalue weighted by Crippen LogP contribution is -2.41. The third kappa shape index (κ3) is 3.84. The molecule has 3 saturated heterocycles. The van der Waals surface area contributed by atoms with Crippen molar-refractivity contribution in [1.29, 1.82) is 0 Å². The maximum Gasteiger partial charge on any atom is 0.410 e. The minimum absolute atomic E-state index is 0.0561. The van der Waals surface area contributed by atoms with Gasteiger partial charge in [-0.15, -0.1) is 10.2 Å². The van der Waals surface area contributed by atoms with E-state index in [0.717, 1.165) is 65.3 Å². The number of carbonyl (C=O) groups excluding carboxylic acids is 1. The Kier molecular flexibility index (Phi) is 5.37. The number of amides is 1. The van der Waals surface area contributed by atoms with E-state index in [2.05, 4.69) is 20.0 Å². The molecule has 0 saturated carbocycles. The van der Waals surface area contributed by atoms with Gasteiger partial charge < -0.3 is 18.8 Å². The first-order chi connectivity index (χ1) is 12.7. The summed E-state index contributed by atoms with van der Waals surface area (Å²) in [5, 5.41) is 8.09. The van der Waals surface area contributed by atoms with Crippen LogP contribution in [0.4, 0.5) is 4.79 Å². The molecule has 1 aromatic heterocycles. The summed E-state index contributed by atoms with van der Waals surface area (Å²) in [5.74, 6) is 1.29. The average molecular weight is 365 g/mol. The second-order valence-electron chi connectivity index (χ2n) is 7.13. The van der Waals surface area contributed by atoms with E-state index >= 15 is 0 Å². The quantitative estimate of drug-likeness (QED) is 0.685. The molecule has 26 heavy (non-hydrogen) atoms. The zero-order valence-electron chi connectivity index (χ0n) is 15.3. The predicted octanol–water partition coefficient (Wildman–Crippen LogP) is 0.359. The predicted molar refractivity (Wildman–Crippen MR) is 91.6 cm³/mol. The smallest absolute Gasteiger partial charge is 0.410 e. The van der Waals surface area contributed by atoms with Gasteiger partial charge in [0.05, 0.1) is 25.8 Å². The number of rotatable bonds is 7. The molecule has 0 aromatic carbocycles. The van der Waals surface area contributed by atoms with Crippen LogP contribution in [0.2, 0.25) is 0 Å². The van der Waals surface area contributed by atoms with Crippen molar-refractivity contribution in [2.75, 3.05) is 52.5 Å². The number of fused-ring (bicyclic) bond motifs is 1. The minimum atomic E-state index is -0.173. The van der Waals surface area contributed by atoms with E-state index < -0.39 is 0 Å². The summed E-state index contributed by atoms with van der Waals surface area (Å²) in [7, 11) is 0. The fraction of sp³-hybridized carbons (Fsp3) is 0.824. The molecule has 0 unspecified atom stereocenters. The topological polar surface area (TPSA) is 84.2 Å². The van der Waals surface area contributed by atoms with Crippen LogP contribution in [0.1, 0.15) is 25.1 Å². The summed E-state index contributed by atoms with van der Waals surface area (Å²) in [6, 6.07) is 0.126. The Labute approximate surface area is 153 Å². The van der Waals surface area contributed by atoms with Gasteiger partial charge in [-0.05, 0) is 6.42 Å². The molecule has 144 valence electrons. The van der Waals surface area contributed by atoms with Crippen molar-refractivity contribution in [2.45, 2.75) is 38.5 Å². The van der Waals surface area contributed by atoms with E-state index in [9.17, 15) is 4.79 Å². The molecule has 1 aromatic rings. The number of aromatic nitrogens is 2. The molecule has 3 fully saturated rings. The molecule has 2 atom stereocenters. The largest absolute Gasteiger partial charge is 0.442 e. The molecular formula is C17H27N5O4. The molecule has 9 heteroatoms. The molecule has 0 bridgehead atoms. The van der Waals surface area contributed by atoms with Crippen LogP contribution in [0, 0.1) is 0 Å². The highest BCUT2D eigenvalue weighted by atomic mass is 16.6. The normalized spacial score (nSPS) is 27.1. The van der Waals surface area contributed by atoms with Crippen molar-refractivity contribution >= 4 is 6.09 Å². The summed E-state index contributed by atoms with van der Waals surface area (Å²) in [6.45, 7) is 9.43. The maximum absolute atomic E-state index is 12.2. The highest BCUT2D eigenvalue weighted by Crippen LogP contribution is 2.28. The van der Waals surface area contributed by atoms with Crippen LogP contribution in [0.5, 0.6) is 0 Å². The summed E-state index contributed by atoms with van der Waals surface area (Å²) in [5.41, 5.74) is 0. The third-order valence-electron chi connectivity index (χ3n) is 5.35. The fourth-order valence-electron chi connectivity index (χ4n) is 3.94. The standard InChI is InChI=1S/C17H27N5O4/c1-2-15-18-19-16(26-15)12-21-10-13-14(11-21)25-17(23)22(13)5-3-4-20-6-8-24-9-7-20/h13-14H,2-12H2,1H3/t13-,14+/m0/s1. The highest BCUT2D eigenvalue weighted by Gasteiger charge is 2.47. The van der Waals surface area contributed by atoms with Crippen LogP contribution in [0.15, 0.2) is 4.42 Å². The van der Waals surface area contributed by atoms with Crippen LogP contribution >= 0.6 is 0 Å². The van der Waals surface area contributed by atoms with Crippen molar-refractivity contribution in [1.82, 2.24) is 24.9 Å². The third-order valence-corrected chi connectivity index (χ3v) is 5.35. The summed E-state index contributed by atoms with van der Waals surface area (Å²) < 4.78 is 16.5. The van der Waals surface area contributed by atoms with Gasteiger partial charge in [0.25, 0.3) is 0 Å². The Balaban J connectivity index is 1.27. The molecule has 4 rings (SSSR count). The second kappa shape index (κ2) is 7.89. The lowest BCUT2D eigenvalue weighted by Gasteiger charge is -2.28. The zero-order chi connectivity index (χ0) is 17.9.